The minimum Gasteiger partial charge on any atom is -0.457 e. The van der Waals surface area contributed by atoms with Gasteiger partial charge in [0.15, 0.2) is 4.67 Å². The van der Waals surface area contributed by atoms with Crippen molar-refractivity contribution in [3.63, 3.8) is 0 Å². The van der Waals surface area contributed by atoms with Crippen molar-refractivity contribution in [3.8, 4) is 0 Å². The molecule has 1 N–H and O–H groups in total. The van der Waals surface area contributed by atoms with Crippen LogP contribution in [-0.4, -0.2) is 11.4 Å². The van der Waals surface area contributed by atoms with Crippen molar-refractivity contribution in [2.45, 2.75) is 32.7 Å². The van der Waals surface area contributed by atoms with E-state index in [4.69, 9.17) is 4.42 Å². The van der Waals surface area contributed by atoms with Gasteiger partial charge in [-0.2, -0.15) is 0 Å². The van der Waals surface area contributed by atoms with Gasteiger partial charge >= 0.3 is 0 Å². The molecule has 0 fully saturated rings. The maximum Gasteiger partial charge on any atom is 0.254 e. The molecule has 1 amide bonds. The second kappa shape index (κ2) is 4.17. The molecule has 0 aliphatic heterocycles. The highest BCUT2D eigenvalue weighted by atomic mass is 79.9. The van der Waals surface area contributed by atoms with Crippen LogP contribution in [0.2, 0.25) is 0 Å². The number of hydrogen-bond donors (Lipinski definition) is 1. The van der Waals surface area contributed by atoms with E-state index in [0.717, 1.165) is 6.42 Å². The van der Waals surface area contributed by atoms with E-state index in [1.165, 1.54) is 6.26 Å². The van der Waals surface area contributed by atoms with Crippen molar-refractivity contribution in [1.29, 1.82) is 0 Å². The number of nitrogens with one attached hydrogen (secondary N) is 1. The SMILES string of the molecule is CCC(C)(C)NC(=O)c1coc(Br)c1. The van der Waals surface area contributed by atoms with Crippen LogP contribution in [0.25, 0.3) is 0 Å². The Morgan fingerprint density at radius 1 is 1.64 bits per heavy atom. The summed E-state index contributed by atoms with van der Waals surface area (Å²) in [5.74, 6) is -0.105. The lowest BCUT2D eigenvalue weighted by Crippen LogP contribution is -2.42. The van der Waals surface area contributed by atoms with Crippen LogP contribution in [0.3, 0.4) is 0 Å². The summed E-state index contributed by atoms with van der Waals surface area (Å²) in [5, 5.41) is 2.92. The predicted molar refractivity (Wildman–Crippen MR) is 58.2 cm³/mol. The van der Waals surface area contributed by atoms with E-state index in [9.17, 15) is 4.79 Å². The minimum absolute atomic E-state index is 0.105. The Balaban J connectivity index is 2.68. The molecule has 3 nitrogen and oxygen atoms in total. The lowest BCUT2D eigenvalue weighted by Gasteiger charge is -2.23. The zero-order chi connectivity index (χ0) is 10.8. The van der Waals surface area contributed by atoms with Crippen LogP contribution in [0.4, 0.5) is 0 Å². The van der Waals surface area contributed by atoms with Crippen molar-refractivity contribution >= 4 is 21.8 Å². The summed E-state index contributed by atoms with van der Waals surface area (Å²) >= 11 is 3.15. The summed E-state index contributed by atoms with van der Waals surface area (Å²) in [5.41, 5.74) is 0.360. The Bertz CT molecular complexity index is 331. The molecule has 0 radical (unpaired) electrons. The molecule has 1 heterocycles. The van der Waals surface area contributed by atoms with Gasteiger partial charge in [-0.1, -0.05) is 6.92 Å². The third-order valence-corrected chi connectivity index (χ3v) is 2.58. The van der Waals surface area contributed by atoms with Gasteiger partial charge < -0.3 is 9.73 Å². The fourth-order valence-corrected chi connectivity index (χ4v) is 1.24. The Morgan fingerprint density at radius 2 is 2.29 bits per heavy atom. The quantitative estimate of drug-likeness (QED) is 0.907. The van der Waals surface area contributed by atoms with E-state index in [0.29, 0.717) is 10.2 Å². The first-order valence-corrected chi connectivity index (χ1v) is 5.30. The average molecular weight is 260 g/mol. The lowest BCUT2D eigenvalue weighted by atomic mass is 10.0. The predicted octanol–water partition coefficient (Wildman–Crippen LogP) is 2.96. The van der Waals surface area contributed by atoms with Gasteiger partial charge in [-0.05, 0) is 36.2 Å². The van der Waals surface area contributed by atoms with E-state index in [1.54, 1.807) is 6.07 Å². The van der Waals surface area contributed by atoms with E-state index in [1.807, 2.05) is 20.8 Å². The average Bonchev–Trinajstić information content (AvgIpc) is 2.51. The van der Waals surface area contributed by atoms with Crippen LogP contribution < -0.4 is 5.32 Å². The third kappa shape index (κ3) is 2.87. The number of carbonyl (C=O) groups excluding carboxylic acids is 1. The van der Waals surface area contributed by atoms with Crippen molar-refractivity contribution in [3.05, 3.63) is 22.6 Å². The second-order valence-electron chi connectivity index (χ2n) is 3.83. The van der Waals surface area contributed by atoms with Gasteiger partial charge in [-0.25, -0.2) is 0 Å². The maximum absolute atomic E-state index is 11.6. The molecule has 0 saturated carbocycles. The van der Waals surface area contributed by atoms with Crippen molar-refractivity contribution in [2.24, 2.45) is 0 Å². The first kappa shape index (κ1) is 11.3. The van der Waals surface area contributed by atoms with E-state index in [2.05, 4.69) is 21.2 Å². The largest absolute Gasteiger partial charge is 0.457 e. The van der Waals surface area contributed by atoms with Gasteiger partial charge in [0.2, 0.25) is 0 Å². The van der Waals surface area contributed by atoms with Crippen molar-refractivity contribution in [2.75, 3.05) is 0 Å². The summed E-state index contributed by atoms with van der Waals surface area (Å²) < 4.78 is 5.56. The first-order valence-electron chi connectivity index (χ1n) is 4.51. The van der Waals surface area contributed by atoms with E-state index >= 15 is 0 Å². The second-order valence-corrected chi connectivity index (χ2v) is 4.61. The van der Waals surface area contributed by atoms with Crippen LogP contribution in [-0.2, 0) is 0 Å². The number of hydrogen-bond acceptors (Lipinski definition) is 2. The fraction of sp³-hybridized carbons (Fsp3) is 0.500. The molecule has 0 aromatic carbocycles. The van der Waals surface area contributed by atoms with Crippen LogP contribution in [0, 0.1) is 0 Å². The Hall–Kier alpha value is -0.770. The zero-order valence-corrected chi connectivity index (χ0v) is 10.1. The molecule has 0 aliphatic rings. The molecule has 0 aliphatic carbocycles. The molecule has 78 valence electrons. The Labute approximate surface area is 92.0 Å². The van der Waals surface area contributed by atoms with Crippen molar-refractivity contribution in [1.82, 2.24) is 5.32 Å². The number of carbonyl (C=O) groups is 1. The number of furan rings is 1. The monoisotopic (exact) mass is 259 g/mol. The number of halogens is 1. The summed E-state index contributed by atoms with van der Waals surface area (Å²) in [6, 6.07) is 1.65. The van der Waals surface area contributed by atoms with Crippen LogP contribution in [0.15, 0.2) is 21.4 Å². The molecule has 1 rings (SSSR count). The number of rotatable bonds is 3. The normalized spacial score (nSPS) is 11.4. The van der Waals surface area contributed by atoms with Gasteiger partial charge in [0, 0.05) is 11.6 Å². The molecule has 0 saturated heterocycles. The molecule has 1 aromatic rings. The fourth-order valence-electron chi connectivity index (χ4n) is 0.897. The number of amides is 1. The highest BCUT2D eigenvalue weighted by Gasteiger charge is 2.19. The summed E-state index contributed by atoms with van der Waals surface area (Å²) in [7, 11) is 0. The van der Waals surface area contributed by atoms with Gasteiger partial charge in [-0.15, -0.1) is 0 Å². The highest BCUT2D eigenvalue weighted by molar-refractivity contribution is 9.10. The van der Waals surface area contributed by atoms with Crippen LogP contribution >= 0.6 is 15.9 Å². The Morgan fingerprint density at radius 3 is 2.71 bits per heavy atom. The lowest BCUT2D eigenvalue weighted by molar-refractivity contribution is 0.0910. The molecular formula is C10H14BrNO2. The van der Waals surface area contributed by atoms with Crippen molar-refractivity contribution < 1.29 is 9.21 Å². The van der Waals surface area contributed by atoms with E-state index in [-0.39, 0.29) is 11.4 Å². The maximum atomic E-state index is 11.6. The molecule has 0 atom stereocenters. The minimum atomic E-state index is -0.180. The van der Waals surface area contributed by atoms with Crippen LogP contribution in [0.1, 0.15) is 37.6 Å². The third-order valence-electron chi connectivity index (χ3n) is 2.17. The molecule has 1 aromatic heterocycles. The summed E-state index contributed by atoms with van der Waals surface area (Å²) in [6.45, 7) is 6.01. The standard InChI is InChI=1S/C10H14BrNO2/c1-4-10(2,3)12-9(13)7-5-8(11)14-6-7/h5-6H,4H2,1-3H3,(H,12,13). The topological polar surface area (TPSA) is 42.2 Å². The molecule has 14 heavy (non-hydrogen) atoms. The van der Waals surface area contributed by atoms with Gasteiger partial charge in [0.1, 0.15) is 6.26 Å². The summed E-state index contributed by atoms with van der Waals surface area (Å²) in [6.07, 6.45) is 2.32. The van der Waals surface area contributed by atoms with E-state index < -0.39 is 0 Å². The smallest absolute Gasteiger partial charge is 0.254 e. The first-order chi connectivity index (χ1) is 6.44. The van der Waals surface area contributed by atoms with Crippen LogP contribution in [0.5, 0.6) is 0 Å². The summed E-state index contributed by atoms with van der Waals surface area (Å²) in [4.78, 5) is 11.6. The molecular weight excluding hydrogens is 246 g/mol. The van der Waals surface area contributed by atoms with Gasteiger partial charge in [0.05, 0.1) is 5.56 Å². The molecule has 0 unspecified atom stereocenters. The van der Waals surface area contributed by atoms with Gasteiger partial charge in [-0.3, -0.25) is 4.79 Å². The highest BCUT2D eigenvalue weighted by Crippen LogP contribution is 2.15. The molecule has 0 spiro atoms. The zero-order valence-electron chi connectivity index (χ0n) is 8.56. The molecule has 0 bridgehead atoms. The van der Waals surface area contributed by atoms with Gasteiger partial charge in [0.25, 0.3) is 5.91 Å². The molecule has 4 heteroatoms. The Kier molecular flexibility index (Phi) is 3.37.